The first-order valence-electron chi connectivity index (χ1n) is 5.16. The van der Waals surface area contributed by atoms with Gasteiger partial charge in [-0.05, 0) is 18.1 Å². The second kappa shape index (κ2) is 5.00. The topological polar surface area (TPSA) is 61.7 Å². The number of nitriles is 2. The molecule has 4 heteroatoms. The van der Waals surface area contributed by atoms with Crippen molar-refractivity contribution in [1.29, 1.82) is 10.5 Å². The van der Waals surface area contributed by atoms with Crippen LogP contribution in [0.4, 0.5) is 5.69 Å². The molecule has 0 saturated carbocycles. The van der Waals surface area contributed by atoms with Crippen LogP contribution in [0.3, 0.4) is 0 Å². The van der Waals surface area contributed by atoms with Gasteiger partial charge in [0.05, 0.1) is 0 Å². The summed E-state index contributed by atoms with van der Waals surface area (Å²) in [6, 6.07) is 9.56. The molecule has 1 aromatic rings. The Morgan fingerprint density at radius 2 is 2.06 bits per heavy atom. The summed E-state index contributed by atoms with van der Waals surface area (Å²) in [5, 5.41) is 21.7. The molecule has 0 N–H and O–H groups in total. The first-order chi connectivity index (χ1) is 7.83. The zero-order chi connectivity index (χ0) is 11.4. The molecule has 0 unspecified atom stereocenters. The number of hydrogen-bond donors (Lipinski definition) is 0. The molecule has 0 bridgehead atoms. The summed E-state index contributed by atoms with van der Waals surface area (Å²) in [6.45, 7) is 0.893. The minimum atomic E-state index is 0. The van der Waals surface area contributed by atoms with Crippen molar-refractivity contribution in [2.75, 3.05) is 6.54 Å². The van der Waals surface area contributed by atoms with E-state index in [4.69, 9.17) is 10.5 Å². The second-order valence-corrected chi connectivity index (χ2v) is 3.66. The number of aryl methyl sites for hydroxylation is 1. The summed E-state index contributed by atoms with van der Waals surface area (Å²) in [5.41, 5.74) is 3.27. The molecule has 0 amide bonds. The summed E-state index contributed by atoms with van der Waals surface area (Å²) in [5.74, 6) is 0. The maximum Gasteiger partial charge on any atom is 0.130 e. The number of rotatable bonds is 1. The number of nitrogens with zero attached hydrogens (tertiary/aromatic N) is 3. The fourth-order valence-corrected chi connectivity index (χ4v) is 1.77. The van der Waals surface area contributed by atoms with Gasteiger partial charge >= 0.3 is 0 Å². The molecule has 1 heterocycles. The first-order valence-corrected chi connectivity index (χ1v) is 5.16. The van der Waals surface area contributed by atoms with Gasteiger partial charge in [0.2, 0.25) is 0 Å². The summed E-state index contributed by atoms with van der Waals surface area (Å²) >= 11 is 0. The third-order valence-corrected chi connectivity index (χ3v) is 2.54. The zero-order valence-corrected chi connectivity index (χ0v) is 15.9. The Bertz CT molecular complexity index is 504. The van der Waals surface area contributed by atoms with Gasteiger partial charge in [-0.1, -0.05) is 30.2 Å². The molecule has 1 aliphatic heterocycles. The largest absolute Gasteiger partial charge is 0.684 e. The molecule has 0 aromatic heterocycles. The Kier molecular flexibility index (Phi) is 3.47. The van der Waals surface area contributed by atoms with E-state index in [1.165, 1.54) is 5.56 Å². The average molecular weight is 475 g/mol. The van der Waals surface area contributed by atoms with E-state index in [1.807, 2.05) is 30.3 Å². The van der Waals surface area contributed by atoms with Crippen LogP contribution >= 0.6 is 0 Å². The van der Waals surface area contributed by atoms with Gasteiger partial charge in [-0.2, -0.15) is 10.5 Å². The van der Waals surface area contributed by atoms with Crippen LogP contribution in [0.2, 0.25) is 0 Å². The molecule has 1 aliphatic rings. The van der Waals surface area contributed by atoms with Gasteiger partial charge < -0.3 is 5.32 Å². The fraction of sp³-hybridized carbons (Fsp3) is 0.231. The second-order valence-electron chi connectivity index (χ2n) is 3.66. The quantitative estimate of drug-likeness (QED) is 0.587. The minimum Gasteiger partial charge on any atom is -0.684 e. The van der Waals surface area contributed by atoms with Crippen LogP contribution in [0.1, 0.15) is 17.5 Å². The number of benzene rings is 1. The van der Waals surface area contributed by atoms with Crippen molar-refractivity contribution < 1.29 is 0 Å². The van der Waals surface area contributed by atoms with Gasteiger partial charge in [-0.25, -0.2) is 0 Å². The monoisotopic (exact) mass is 475 g/mol. The van der Waals surface area contributed by atoms with E-state index in [0.717, 1.165) is 30.6 Å². The number of allylic oxidation sites excluding steroid dienone is 1. The molecule has 3 nitrogen and oxygen atoms in total. The van der Waals surface area contributed by atoms with Crippen molar-refractivity contribution in [2.45, 2.75) is 12.8 Å². The predicted octanol–water partition coefficient (Wildman–Crippen LogP) is 3.07. The number of hydrogen-bond acceptors (Lipinski definition) is 2. The molecule has 17 heavy (non-hydrogen) atoms. The third-order valence-electron chi connectivity index (χ3n) is 2.54. The fourth-order valence-electron chi connectivity index (χ4n) is 1.77. The summed E-state index contributed by atoms with van der Waals surface area (Å²) in [4.78, 5) is 0. The van der Waals surface area contributed by atoms with Crippen molar-refractivity contribution in [3.8, 4) is 12.1 Å². The normalized spacial score (nSPS) is 11.9. The third kappa shape index (κ3) is 2.40. The van der Waals surface area contributed by atoms with Crippen molar-refractivity contribution in [2.24, 2.45) is 0 Å². The minimum absolute atomic E-state index is 0. The Morgan fingerprint density at radius 3 is 2.76 bits per heavy atom. The molecule has 0 saturated heterocycles. The first kappa shape index (κ1) is 11.8. The Labute approximate surface area is 94.6 Å². The number of fused-ring (bicyclic) bond motifs is 1. The van der Waals surface area contributed by atoms with Gasteiger partial charge in [0.25, 0.3) is 0 Å². The molecule has 0 radical (unpaired) electrons. The van der Waals surface area contributed by atoms with E-state index in [0.29, 0.717) is 0 Å². The maximum absolute atomic E-state index is 8.67. The summed E-state index contributed by atoms with van der Waals surface area (Å²) in [7, 11) is 0. The van der Waals surface area contributed by atoms with E-state index in [9.17, 15) is 0 Å². The molecule has 80 valence electrons. The van der Waals surface area contributed by atoms with Crippen LogP contribution in [-0.2, 0) is 6.42 Å². The van der Waals surface area contributed by atoms with Gasteiger partial charge in [0, 0.05) is 0 Å². The van der Waals surface area contributed by atoms with Crippen molar-refractivity contribution in [3.05, 3.63) is 40.2 Å². The molecular weight excluding hydrogens is 465 g/mol. The van der Waals surface area contributed by atoms with E-state index in [-0.39, 0.29) is 5.57 Å². The van der Waals surface area contributed by atoms with Crippen LogP contribution < -0.4 is 0 Å². The molecule has 2 rings (SSSR count). The van der Waals surface area contributed by atoms with Gasteiger partial charge in [0.1, 0.15) is 17.7 Å². The van der Waals surface area contributed by atoms with E-state index < -0.39 is 0 Å². The molecule has 0 aliphatic carbocycles. The standard InChI is InChI=1S/C13H10N3.Rf/c14-8-11(9-15)6-10-3-4-13-12(7-10)2-1-5-16-13;/h3-4,6-7H,1-2,5H2;/q-1;. The van der Waals surface area contributed by atoms with Crippen LogP contribution in [0, 0.1) is 22.7 Å². The SMILES string of the molecule is N#CC(C#N)=Cc1ccc2c(c1)CCC[N-]2.[Rf]. The molecule has 0 atom stereocenters. The molecular formula is C13H10N3Rf-. The van der Waals surface area contributed by atoms with Crippen LogP contribution in [0.25, 0.3) is 11.4 Å². The Morgan fingerprint density at radius 1 is 1.29 bits per heavy atom. The zero-order valence-electron chi connectivity index (χ0n) is 9.48. The van der Waals surface area contributed by atoms with Gasteiger partial charge in [-0.3, -0.25) is 0 Å². The van der Waals surface area contributed by atoms with Crippen molar-refractivity contribution in [3.63, 3.8) is 0 Å². The molecule has 1 aromatic carbocycles. The Balaban J connectivity index is 0.00000144. The molecule has 0 spiro atoms. The van der Waals surface area contributed by atoms with Gasteiger partial charge in [-0.15, -0.1) is 12.2 Å². The van der Waals surface area contributed by atoms with E-state index in [1.54, 1.807) is 6.08 Å². The van der Waals surface area contributed by atoms with Crippen LogP contribution in [-0.4, -0.2) is 6.54 Å². The van der Waals surface area contributed by atoms with Crippen molar-refractivity contribution >= 4 is 11.8 Å². The Hall–Kier alpha value is -3.26. The average Bonchev–Trinajstić information content (AvgIpc) is 2.35. The summed E-state index contributed by atoms with van der Waals surface area (Å²) < 4.78 is 0. The summed E-state index contributed by atoms with van der Waals surface area (Å²) in [6.07, 6.45) is 3.70. The predicted molar refractivity (Wildman–Crippen MR) is 61.9 cm³/mol. The van der Waals surface area contributed by atoms with E-state index >= 15 is 0 Å². The van der Waals surface area contributed by atoms with Crippen LogP contribution in [0.15, 0.2) is 23.8 Å². The van der Waals surface area contributed by atoms with Crippen molar-refractivity contribution in [1.82, 2.24) is 0 Å². The van der Waals surface area contributed by atoms with Gasteiger partial charge in [0.15, 0.2) is 0 Å². The van der Waals surface area contributed by atoms with E-state index in [2.05, 4.69) is 5.32 Å². The van der Waals surface area contributed by atoms with Crippen LogP contribution in [0.5, 0.6) is 0 Å². The smallest absolute Gasteiger partial charge is 0.130 e. The molecule has 0 fully saturated rings. The maximum atomic E-state index is 8.67.